The molecule has 0 bridgehead atoms. The molecule has 0 fully saturated rings. The highest BCUT2D eigenvalue weighted by Gasteiger charge is 2.09. The quantitative estimate of drug-likeness (QED) is 0.335. The van der Waals surface area contributed by atoms with E-state index in [1.807, 2.05) is 0 Å². The van der Waals surface area contributed by atoms with Gasteiger partial charge in [-0.3, -0.25) is 4.79 Å². The first kappa shape index (κ1) is 21.4. The summed E-state index contributed by atoms with van der Waals surface area (Å²) in [7, 11) is 0. The molecule has 0 aliphatic carbocycles. The average molecular weight is 314 g/mol. The Kier molecular flexibility index (Phi) is 16.4. The van der Waals surface area contributed by atoms with Crippen LogP contribution in [0.3, 0.4) is 0 Å². The van der Waals surface area contributed by atoms with Gasteiger partial charge in [0.05, 0.1) is 12.5 Å². The third kappa shape index (κ3) is 15.8. The van der Waals surface area contributed by atoms with Gasteiger partial charge >= 0.3 is 5.97 Å². The van der Waals surface area contributed by atoms with Gasteiger partial charge in [0.25, 0.3) is 0 Å². The Morgan fingerprint density at radius 3 is 1.32 bits per heavy atom. The van der Waals surface area contributed by atoms with E-state index in [1.54, 1.807) is 6.92 Å². The zero-order valence-electron chi connectivity index (χ0n) is 14.7. The van der Waals surface area contributed by atoms with Crippen LogP contribution in [0.4, 0.5) is 0 Å². The molecule has 0 aliphatic rings. The van der Waals surface area contributed by atoms with Crippen molar-refractivity contribution in [2.24, 2.45) is 5.92 Å². The Labute approximate surface area is 137 Å². The molecule has 0 rings (SSSR count). The summed E-state index contributed by atoms with van der Waals surface area (Å²) in [6.45, 7) is 1.89. The topological polar surface area (TPSA) is 57.2 Å². The largest absolute Gasteiger partial charge is 0.481 e. The van der Waals surface area contributed by atoms with Gasteiger partial charge in [-0.25, -0.2) is 5.11 Å². The third-order valence-electron chi connectivity index (χ3n) is 4.45. The number of carboxylic acids is 1. The van der Waals surface area contributed by atoms with E-state index in [0.717, 1.165) is 25.7 Å². The summed E-state index contributed by atoms with van der Waals surface area (Å²) in [4.78, 5) is 10.7. The zero-order chi connectivity index (χ0) is 16.5. The van der Waals surface area contributed by atoms with E-state index >= 15 is 0 Å². The fourth-order valence-electron chi connectivity index (χ4n) is 2.80. The van der Waals surface area contributed by atoms with Crippen LogP contribution < -0.4 is 0 Å². The highest BCUT2D eigenvalue weighted by molar-refractivity contribution is 5.69. The Balaban J connectivity index is 3.04. The van der Waals surface area contributed by atoms with Crippen LogP contribution in [0, 0.1) is 5.92 Å². The van der Waals surface area contributed by atoms with Crippen molar-refractivity contribution in [3.63, 3.8) is 0 Å². The molecule has 131 valence electrons. The summed E-state index contributed by atoms with van der Waals surface area (Å²) in [5.74, 6) is -0.842. The van der Waals surface area contributed by atoms with Crippen LogP contribution in [-0.2, 0) is 9.90 Å². The molecule has 0 aromatic heterocycles. The van der Waals surface area contributed by atoms with Crippen LogP contribution >= 0.6 is 0 Å². The Bertz CT molecular complexity index is 241. The van der Waals surface area contributed by atoms with E-state index in [9.17, 15) is 9.90 Å². The molecule has 1 unspecified atom stereocenters. The SMILES string of the molecule is CC(CCCCCCCCCCCCCCCC[O])C(=O)O. The number of carbonyl (C=O) groups is 1. The van der Waals surface area contributed by atoms with Crippen molar-refractivity contribution >= 4 is 5.97 Å². The molecule has 1 radical (unpaired) electrons. The minimum Gasteiger partial charge on any atom is -0.481 e. The predicted octanol–water partition coefficient (Wildman–Crippen LogP) is 5.99. The normalized spacial score (nSPS) is 12.5. The number of carboxylic acid groups (broad SMARTS) is 1. The maximum absolute atomic E-state index is 10.7. The summed E-state index contributed by atoms with van der Waals surface area (Å²) in [6.07, 6.45) is 18.2. The minimum absolute atomic E-state index is 0.0958. The van der Waals surface area contributed by atoms with Crippen molar-refractivity contribution < 1.29 is 15.0 Å². The molecular formula is C19H37O3. The van der Waals surface area contributed by atoms with Gasteiger partial charge in [0.1, 0.15) is 0 Å². The summed E-state index contributed by atoms with van der Waals surface area (Å²) in [6, 6.07) is 0. The molecule has 0 amide bonds. The molecule has 3 heteroatoms. The maximum Gasteiger partial charge on any atom is 0.306 e. The first-order valence-corrected chi connectivity index (χ1v) is 9.49. The Morgan fingerprint density at radius 1 is 0.682 bits per heavy atom. The highest BCUT2D eigenvalue weighted by atomic mass is 16.4. The molecule has 3 nitrogen and oxygen atoms in total. The van der Waals surface area contributed by atoms with E-state index in [0.29, 0.717) is 0 Å². The molecule has 0 spiro atoms. The number of hydrogen-bond donors (Lipinski definition) is 1. The number of unbranched alkanes of at least 4 members (excludes halogenated alkanes) is 13. The molecule has 1 N–H and O–H groups in total. The fourth-order valence-corrected chi connectivity index (χ4v) is 2.80. The van der Waals surface area contributed by atoms with Crippen LogP contribution in [0.1, 0.15) is 103 Å². The van der Waals surface area contributed by atoms with Crippen molar-refractivity contribution in [2.45, 2.75) is 103 Å². The van der Waals surface area contributed by atoms with Crippen molar-refractivity contribution in [2.75, 3.05) is 6.61 Å². The molecule has 1 atom stereocenters. The molecule has 0 heterocycles. The van der Waals surface area contributed by atoms with Crippen LogP contribution in [-0.4, -0.2) is 17.7 Å². The van der Waals surface area contributed by atoms with E-state index in [2.05, 4.69) is 0 Å². The number of aliphatic carboxylic acids is 1. The van der Waals surface area contributed by atoms with Gasteiger partial charge in [0.15, 0.2) is 0 Å². The van der Waals surface area contributed by atoms with E-state index < -0.39 is 5.97 Å². The lowest BCUT2D eigenvalue weighted by Gasteiger charge is -2.05. The summed E-state index contributed by atoms with van der Waals surface area (Å²) >= 11 is 0. The van der Waals surface area contributed by atoms with Crippen molar-refractivity contribution in [3.8, 4) is 0 Å². The monoisotopic (exact) mass is 313 g/mol. The second-order valence-electron chi connectivity index (χ2n) is 6.68. The van der Waals surface area contributed by atoms with Gasteiger partial charge in [-0.05, 0) is 12.8 Å². The van der Waals surface area contributed by atoms with Gasteiger partial charge < -0.3 is 5.11 Å². The highest BCUT2D eigenvalue weighted by Crippen LogP contribution is 2.14. The Morgan fingerprint density at radius 2 is 1.00 bits per heavy atom. The van der Waals surface area contributed by atoms with E-state index in [4.69, 9.17) is 5.11 Å². The third-order valence-corrected chi connectivity index (χ3v) is 4.45. The van der Waals surface area contributed by atoms with Crippen molar-refractivity contribution in [3.05, 3.63) is 0 Å². The molecule has 0 aromatic carbocycles. The lowest BCUT2D eigenvalue weighted by molar-refractivity contribution is -0.141. The summed E-state index contributed by atoms with van der Waals surface area (Å²) in [5, 5.41) is 19.1. The fraction of sp³-hybridized carbons (Fsp3) is 0.947. The van der Waals surface area contributed by atoms with Crippen LogP contribution in [0.2, 0.25) is 0 Å². The van der Waals surface area contributed by atoms with Crippen LogP contribution in [0.5, 0.6) is 0 Å². The number of hydrogen-bond acceptors (Lipinski definition) is 1. The molecular weight excluding hydrogens is 276 g/mol. The second kappa shape index (κ2) is 16.8. The molecule has 0 aromatic rings. The standard InChI is InChI=1S/C19H37O3/c1-18(19(21)22)16-14-12-10-8-6-4-2-3-5-7-9-11-13-15-17-20/h18H,2-17H2,1H3,(H,21,22). The van der Waals surface area contributed by atoms with E-state index in [1.165, 1.54) is 70.6 Å². The smallest absolute Gasteiger partial charge is 0.306 e. The van der Waals surface area contributed by atoms with Crippen LogP contribution in [0.25, 0.3) is 0 Å². The minimum atomic E-state index is -0.662. The predicted molar refractivity (Wildman–Crippen MR) is 91.6 cm³/mol. The van der Waals surface area contributed by atoms with Gasteiger partial charge in [0.2, 0.25) is 0 Å². The summed E-state index contributed by atoms with van der Waals surface area (Å²) < 4.78 is 0. The summed E-state index contributed by atoms with van der Waals surface area (Å²) in [5.41, 5.74) is 0. The van der Waals surface area contributed by atoms with Gasteiger partial charge in [-0.1, -0.05) is 90.4 Å². The zero-order valence-corrected chi connectivity index (χ0v) is 14.7. The van der Waals surface area contributed by atoms with Gasteiger partial charge in [0, 0.05) is 0 Å². The second-order valence-corrected chi connectivity index (χ2v) is 6.68. The van der Waals surface area contributed by atoms with Gasteiger partial charge in [-0.2, -0.15) is 0 Å². The molecule has 22 heavy (non-hydrogen) atoms. The lowest BCUT2D eigenvalue weighted by Crippen LogP contribution is -2.08. The van der Waals surface area contributed by atoms with Crippen molar-refractivity contribution in [1.82, 2.24) is 0 Å². The molecule has 0 saturated heterocycles. The maximum atomic E-state index is 10.7. The molecule has 0 aliphatic heterocycles. The first-order chi connectivity index (χ1) is 10.7. The molecule has 0 saturated carbocycles. The van der Waals surface area contributed by atoms with Crippen LogP contribution in [0.15, 0.2) is 0 Å². The van der Waals surface area contributed by atoms with Gasteiger partial charge in [-0.15, -0.1) is 0 Å². The van der Waals surface area contributed by atoms with Crippen molar-refractivity contribution in [1.29, 1.82) is 0 Å². The Hall–Kier alpha value is -0.570. The van der Waals surface area contributed by atoms with E-state index in [-0.39, 0.29) is 12.5 Å². The number of rotatable bonds is 17. The lowest BCUT2D eigenvalue weighted by atomic mass is 10.0. The average Bonchev–Trinajstić information content (AvgIpc) is 2.50. The first-order valence-electron chi connectivity index (χ1n) is 9.49.